The summed E-state index contributed by atoms with van der Waals surface area (Å²) in [5.41, 5.74) is -0.545. The number of aromatic nitrogens is 2. The monoisotopic (exact) mass is 447 g/mol. The van der Waals surface area contributed by atoms with Crippen molar-refractivity contribution in [3.63, 3.8) is 0 Å². The van der Waals surface area contributed by atoms with Gasteiger partial charge in [0.05, 0.1) is 16.6 Å². The van der Waals surface area contributed by atoms with E-state index in [0.29, 0.717) is 10.9 Å². The molecule has 0 bridgehead atoms. The summed E-state index contributed by atoms with van der Waals surface area (Å²) in [4.78, 5) is 12.4. The van der Waals surface area contributed by atoms with Crippen LogP contribution in [-0.2, 0) is 12.8 Å². The Kier molecular flexibility index (Phi) is 5.52. The van der Waals surface area contributed by atoms with Gasteiger partial charge in [0, 0.05) is 10.9 Å². The van der Waals surface area contributed by atoms with E-state index in [2.05, 4.69) is 15.5 Å². The summed E-state index contributed by atoms with van der Waals surface area (Å²) in [7, 11) is 0. The fraction of sp³-hybridized carbons (Fsp3) is 0.0909. The molecule has 1 heterocycles. The van der Waals surface area contributed by atoms with Crippen LogP contribution in [0, 0.1) is 11.6 Å². The Balaban J connectivity index is 1.52. The van der Waals surface area contributed by atoms with Gasteiger partial charge in [-0.1, -0.05) is 6.07 Å². The third-order valence-electron chi connectivity index (χ3n) is 4.69. The molecule has 10 heteroatoms. The number of aromatic amines is 1. The minimum Gasteiger partial charge on any atom is -0.489 e. The highest BCUT2D eigenvalue weighted by Gasteiger charge is 2.30. The maximum atomic E-state index is 13.8. The van der Waals surface area contributed by atoms with E-state index in [-0.39, 0.29) is 29.3 Å². The van der Waals surface area contributed by atoms with Crippen LogP contribution in [0.2, 0.25) is 0 Å². The lowest BCUT2D eigenvalue weighted by atomic mass is 10.1. The maximum Gasteiger partial charge on any atom is 0.416 e. The summed E-state index contributed by atoms with van der Waals surface area (Å²) in [6, 6.07) is 11.9. The molecule has 4 aromatic rings. The summed E-state index contributed by atoms with van der Waals surface area (Å²) < 4.78 is 71.1. The molecule has 0 aliphatic heterocycles. The van der Waals surface area contributed by atoms with Crippen LogP contribution >= 0.6 is 0 Å². The number of carbonyl (C=O) groups is 1. The first kappa shape index (κ1) is 21.3. The van der Waals surface area contributed by atoms with Crippen LogP contribution < -0.4 is 10.1 Å². The molecule has 4 rings (SSSR count). The number of nitrogens with one attached hydrogen (secondary N) is 2. The van der Waals surface area contributed by atoms with E-state index < -0.39 is 29.3 Å². The number of H-pyrrole nitrogens is 1. The lowest BCUT2D eigenvalue weighted by molar-refractivity contribution is -0.137. The Labute approximate surface area is 177 Å². The summed E-state index contributed by atoms with van der Waals surface area (Å²) in [5, 5.41) is 9.66. The van der Waals surface area contributed by atoms with Crippen LogP contribution in [0.25, 0.3) is 10.9 Å². The fourth-order valence-corrected chi connectivity index (χ4v) is 2.99. The zero-order valence-electron chi connectivity index (χ0n) is 16.1. The van der Waals surface area contributed by atoms with E-state index in [0.717, 1.165) is 36.4 Å². The minimum atomic E-state index is -4.50. The van der Waals surface area contributed by atoms with Gasteiger partial charge >= 0.3 is 6.18 Å². The summed E-state index contributed by atoms with van der Waals surface area (Å²) in [5.74, 6) is -1.75. The Morgan fingerprint density at radius 1 is 1.00 bits per heavy atom. The number of amides is 1. The lowest BCUT2D eigenvalue weighted by Crippen LogP contribution is -2.13. The molecule has 3 aromatic carbocycles. The Morgan fingerprint density at radius 2 is 1.69 bits per heavy atom. The topological polar surface area (TPSA) is 67.0 Å². The van der Waals surface area contributed by atoms with Crippen molar-refractivity contribution >= 4 is 22.6 Å². The average Bonchev–Trinajstić information content (AvgIpc) is 3.15. The van der Waals surface area contributed by atoms with E-state index in [4.69, 9.17) is 4.74 Å². The number of hydrogen-bond donors (Lipinski definition) is 2. The van der Waals surface area contributed by atoms with Crippen molar-refractivity contribution in [3.05, 3.63) is 89.0 Å². The van der Waals surface area contributed by atoms with Gasteiger partial charge in [-0.15, -0.1) is 0 Å². The molecule has 0 spiro atoms. The molecule has 5 nitrogen and oxygen atoms in total. The van der Waals surface area contributed by atoms with Crippen LogP contribution in [0.15, 0.2) is 60.7 Å². The predicted octanol–water partition coefficient (Wildman–Crippen LogP) is 5.69. The molecule has 32 heavy (non-hydrogen) atoms. The standard InChI is InChI=1S/C22H14F5N3O2/c23-17-2-1-3-18(24)16(17)11-32-14-8-9-19-15(10-14)20(30-29-19)28-21(31)12-4-6-13(7-5-12)22(25,26)27/h1-10H,11H2,(H2,28,29,30,31). The molecule has 0 unspecified atom stereocenters. The van der Waals surface area contributed by atoms with Gasteiger partial charge in [-0.25, -0.2) is 8.78 Å². The second-order valence-corrected chi connectivity index (χ2v) is 6.80. The van der Waals surface area contributed by atoms with Crippen molar-refractivity contribution in [3.8, 4) is 5.75 Å². The highest BCUT2D eigenvalue weighted by molar-refractivity contribution is 6.08. The molecule has 0 saturated heterocycles. The number of ether oxygens (including phenoxy) is 1. The van der Waals surface area contributed by atoms with E-state index >= 15 is 0 Å². The Hall–Kier alpha value is -3.95. The van der Waals surface area contributed by atoms with Crippen LogP contribution in [-0.4, -0.2) is 16.1 Å². The third-order valence-corrected chi connectivity index (χ3v) is 4.69. The SMILES string of the molecule is O=C(Nc1n[nH]c2ccc(OCc3c(F)cccc3F)cc12)c1ccc(C(F)(F)F)cc1. The van der Waals surface area contributed by atoms with Gasteiger partial charge in [0.15, 0.2) is 5.82 Å². The molecule has 1 amide bonds. The van der Waals surface area contributed by atoms with Gasteiger partial charge in [-0.2, -0.15) is 18.3 Å². The first-order valence-corrected chi connectivity index (χ1v) is 9.25. The van der Waals surface area contributed by atoms with Crippen LogP contribution in [0.3, 0.4) is 0 Å². The van der Waals surface area contributed by atoms with Gasteiger partial charge in [0.25, 0.3) is 5.91 Å². The van der Waals surface area contributed by atoms with Gasteiger partial charge < -0.3 is 10.1 Å². The summed E-state index contributed by atoms with van der Waals surface area (Å²) in [6.45, 7) is -0.352. The maximum absolute atomic E-state index is 13.8. The van der Waals surface area contributed by atoms with Crippen molar-refractivity contribution in [2.75, 3.05) is 5.32 Å². The number of rotatable bonds is 5. The first-order valence-electron chi connectivity index (χ1n) is 9.25. The van der Waals surface area contributed by atoms with Crippen molar-refractivity contribution in [1.29, 1.82) is 0 Å². The molecule has 2 N–H and O–H groups in total. The molecular weight excluding hydrogens is 433 g/mol. The van der Waals surface area contributed by atoms with Crippen LogP contribution in [0.5, 0.6) is 5.75 Å². The van der Waals surface area contributed by atoms with Crippen molar-refractivity contribution in [1.82, 2.24) is 10.2 Å². The molecule has 0 aliphatic carbocycles. The van der Waals surface area contributed by atoms with Gasteiger partial charge in [0.1, 0.15) is 24.0 Å². The van der Waals surface area contributed by atoms with E-state index in [1.807, 2.05) is 0 Å². The fourth-order valence-electron chi connectivity index (χ4n) is 2.99. The first-order chi connectivity index (χ1) is 15.2. The second kappa shape index (κ2) is 8.29. The Bertz CT molecular complexity index is 1260. The molecule has 0 radical (unpaired) electrons. The van der Waals surface area contributed by atoms with Crippen molar-refractivity contribution in [2.24, 2.45) is 0 Å². The number of fused-ring (bicyclic) bond motifs is 1. The number of alkyl halides is 3. The van der Waals surface area contributed by atoms with Crippen LogP contribution in [0.4, 0.5) is 27.8 Å². The van der Waals surface area contributed by atoms with Gasteiger partial charge in [-0.05, 0) is 54.6 Å². The number of anilines is 1. The third kappa shape index (κ3) is 4.39. The number of halogens is 5. The van der Waals surface area contributed by atoms with Gasteiger partial charge in [0.2, 0.25) is 0 Å². The van der Waals surface area contributed by atoms with E-state index in [1.165, 1.54) is 12.1 Å². The van der Waals surface area contributed by atoms with Crippen molar-refractivity contribution in [2.45, 2.75) is 12.8 Å². The van der Waals surface area contributed by atoms with Crippen LogP contribution in [0.1, 0.15) is 21.5 Å². The smallest absolute Gasteiger partial charge is 0.416 e. The highest BCUT2D eigenvalue weighted by atomic mass is 19.4. The number of benzene rings is 3. The summed E-state index contributed by atoms with van der Waals surface area (Å²) >= 11 is 0. The quantitative estimate of drug-likeness (QED) is 0.386. The zero-order valence-corrected chi connectivity index (χ0v) is 16.1. The zero-order chi connectivity index (χ0) is 22.9. The predicted molar refractivity (Wildman–Crippen MR) is 106 cm³/mol. The normalized spacial score (nSPS) is 11.5. The largest absolute Gasteiger partial charge is 0.489 e. The number of carbonyl (C=O) groups excluding carboxylic acids is 1. The Morgan fingerprint density at radius 3 is 2.34 bits per heavy atom. The molecule has 0 atom stereocenters. The molecule has 164 valence electrons. The molecular formula is C22H14F5N3O2. The number of hydrogen-bond acceptors (Lipinski definition) is 3. The molecule has 0 aliphatic rings. The van der Waals surface area contributed by atoms with E-state index in [9.17, 15) is 26.7 Å². The highest BCUT2D eigenvalue weighted by Crippen LogP contribution is 2.30. The second-order valence-electron chi connectivity index (χ2n) is 6.80. The van der Waals surface area contributed by atoms with Gasteiger partial charge in [-0.3, -0.25) is 9.89 Å². The average molecular weight is 447 g/mol. The summed E-state index contributed by atoms with van der Waals surface area (Å²) in [6.07, 6.45) is -4.50. The van der Waals surface area contributed by atoms with Crippen molar-refractivity contribution < 1.29 is 31.5 Å². The van der Waals surface area contributed by atoms with E-state index in [1.54, 1.807) is 12.1 Å². The number of nitrogens with zero attached hydrogens (tertiary/aromatic N) is 1. The lowest BCUT2D eigenvalue weighted by Gasteiger charge is -2.09. The minimum absolute atomic E-state index is 0.0107. The molecule has 0 fully saturated rings. The molecule has 1 aromatic heterocycles. The molecule has 0 saturated carbocycles.